The van der Waals surface area contributed by atoms with Crippen LogP contribution >= 0.6 is 0 Å². The first-order valence-electron chi connectivity index (χ1n) is 12.8. The number of hydrogen-bond acceptors (Lipinski definition) is 5. The molecule has 3 rings (SSSR count). The van der Waals surface area contributed by atoms with Gasteiger partial charge in [-0.1, -0.05) is 74.5 Å². The van der Waals surface area contributed by atoms with Crippen LogP contribution in [0.3, 0.4) is 0 Å². The van der Waals surface area contributed by atoms with E-state index in [4.69, 9.17) is 0 Å². The van der Waals surface area contributed by atoms with E-state index in [1.807, 2.05) is 81.6 Å². The van der Waals surface area contributed by atoms with Gasteiger partial charge in [-0.15, -0.1) is 0 Å². The molecule has 1 aliphatic heterocycles. The van der Waals surface area contributed by atoms with E-state index in [1.54, 1.807) is 0 Å². The lowest BCUT2D eigenvalue weighted by atomic mass is 9.98. The van der Waals surface area contributed by atoms with Gasteiger partial charge in [0.1, 0.15) is 0 Å². The number of amides is 1. The number of piperazine rings is 1. The van der Waals surface area contributed by atoms with E-state index >= 15 is 0 Å². The highest BCUT2D eigenvalue weighted by Crippen LogP contribution is 2.21. The maximum absolute atomic E-state index is 13.6. The standard InChI is InChI=1S/C27H40N4O5S/c1-22(2)19-30(37(35,36)29-16-14-28(3)15-17-29)21-26(32)25(18-23-10-6-4-7-11-23)31(27(33)34)20-24-12-8-5-9-13-24/h4-13,22,25-26,32H,14-21H2,1-3H3,(H,33,34)/t25?,26-/m1/s1. The summed E-state index contributed by atoms with van der Waals surface area (Å²) in [4.78, 5) is 15.8. The van der Waals surface area contributed by atoms with E-state index in [2.05, 4.69) is 4.90 Å². The van der Waals surface area contributed by atoms with Crippen LogP contribution in [0.15, 0.2) is 60.7 Å². The summed E-state index contributed by atoms with van der Waals surface area (Å²) in [6, 6.07) is 17.7. The molecule has 0 radical (unpaired) electrons. The third-order valence-electron chi connectivity index (χ3n) is 6.65. The number of aliphatic hydroxyl groups excluding tert-OH is 1. The average Bonchev–Trinajstić information content (AvgIpc) is 2.86. The number of likely N-dealkylation sites (N-methyl/N-ethyl adjacent to an activating group) is 1. The van der Waals surface area contributed by atoms with Gasteiger partial charge in [0.15, 0.2) is 0 Å². The average molecular weight is 533 g/mol. The maximum Gasteiger partial charge on any atom is 0.407 e. The normalized spacial score (nSPS) is 17.1. The fraction of sp³-hybridized carbons (Fsp3) is 0.519. The zero-order valence-corrected chi connectivity index (χ0v) is 22.8. The first-order valence-corrected chi connectivity index (χ1v) is 14.2. The van der Waals surface area contributed by atoms with Gasteiger partial charge in [0, 0.05) is 45.8 Å². The minimum Gasteiger partial charge on any atom is -0.465 e. The lowest BCUT2D eigenvalue weighted by Crippen LogP contribution is -2.56. The Labute approximate surface area is 221 Å². The van der Waals surface area contributed by atoms with Gasteiger partial charge in [0.25, 0.3) is 10.2 Å². The molecule has 9 nitrogen and oxygen atoms in total. The van der Waals surface area contributed by atoms with Crippen molar-refractivity contribution >= 4 is 16.3 Å². The lowest BCUT2D eigenvalue weighted by Gasteiger charge is -2.39. The predicted octanol–water partition coefficient (Wildman–Crippen LogP) is 2.59. The van der Waals surface area contributed by atoms with Gasteiger partial charge in [-0.3, -0.25) is 4.90 Å². The number of aliphatic hydroxyl groups is 1. The zero-order valence-electron chi connectivity index (χ0n) is 22.0. The van der Waals surface area contributed by atoms with Crippen LogP contribution in [0.4, 0.5) is 4.79 Å². The smallest absolute Gasteiger partial charge is 0.407 e. The molecule has 204 valence electrons. The Hall–Kier alpha value is -2.50. The second-order valence-electron chi connectivity index (χ2n) is 10.1. The topological polar surface area (TPSA) is 105 Å². The van der Waals surface area contributed by atoms with Crippen LogP contribution in [0, 0.1) is 5.92 Å². The number of carboxylic acid groups (broad SMARTS) is 1. The number of rotatable bonds is 12. The summed E-state index contributed by atoms with van der Waals surface area (Å²) in [5.41, 5.74) is 1.66. The molecule has 1 amide bonds. The van der Waals surface area contributed by atoms with Crippen LogP contribution in [-0.4, -0.2) is 102 Å². The molecule has 2 N–H and O–H groups in total. The van der Waals surface area contributed by atoms with Crippen molar-refractivity contribution in [2.45, 2.75) is 39.0 Å². The summed E-state index contributed by atoms with van der Waals surface area (Å²) < 4.78 is 30.1. The van der Waals surface area contributed by atoms with Crippen LogP contribution in [0.2, 0.25) is 0 Å². The predicted molar refractivity (Wildman–Crippen MR) is 144 cm³/mol. The highest BCUT2D eigenvalue weighted by atomic mass is 32.2. The second kappa shape index (κ2) is 13.3. The summed E-state index contributed by atoms with van der Waals surface area (Å²) in [6.07, 6.45) is -2.15. The van der Waals surface area contributed by atoms with Crippen LogP contribution in [0.25, 0.3) is 0 Å². The van der Waals surface area contributed by atoms with E-state index in [9.17, 15) is 23.4 Å². The van der Waals surface area contributed by atoms with E-state index in [-0.39, 0.29) is 32.0 Å². The van der Waals surface area contributed by atoms with Crippen molar-refractivity contribution in [3.8, 4) is 0 Å². The minimum absolute atomic E-state index is 0.0295. The van der Waals surface area contributed by atoms with Crippen LogP contribution in [0.1, 0.15) is 25.0 Å². The second-order valence-corrected chi connectivity index (χ2v) is 12.1. The van der Waals surface area contributed by atoms with Crippen molar-refractivity contribution in [1.82, 2.24) is 18.4 Å². The molecule has 2 aromatic rings. The van der Waals surface area contributed by atoms with Gasteiger partial charge in [-0.05, 0) is 30.5 Å². The molecule has 0 bridgehead atoms. The molecule has 1 fully saturated rings. The van der Waals surface area contributed by atoms with Gasteiger partial charge in [0.05, 0.1) is 12.1 Å². The summed E-state index contributed by atoms with van der Waals surface area (Å²) in [7, 11) is -1.88. The molecule has 0 aliphatic carbocycles. The Morgan fingerprint density at radius 3 is 1.97 bits per heavy atom. The van der Waals surface area contributed by atoms with Crippen molar-refractivity contribution in [2.24, 2.45) is 5.92 Å². The number of carbonyl (C=O) groups is 1. The molecule has 0 saturated carbocycles. The van der Waals surface area contributed by atoms with E-state index in [0.717, 1.165) is 11.1 Å². The molecule has 1 unspecified atom stereocenters. The third kappa shape index (κ3) is 8.24. The first kappa shape index (κ1) is 29.1. The molecule has 1 aliphatic rings. The minimum atomic E-state index is -3.83. The van der Waals surface area contributed by atoms with Crippen LogP contribution in [-0.2, 0) is 23.2 Å². The van der Waals surface area contributed by atoms with Gasteiger partial charge < -0.3 is 15.1 Å². The quantitative estimate of drug-likeness (QED) is 0.436. The molecule has 2 aromatic carbocycles. The summed E-state index contributed by atoms with van der Waals surface area (Å²) in [6.45, 7) is 6.02. The number of benzene rings is 2. The van der Waals surface area contributed by atoms with E-state index < -0.39 is 28.4 Å². The summed E-state index contributed by atoms with van der Waals surface area (Å²) in [5.74, 6) is 0.0295. The molecule has 0 spiro atoms. The summed E-state index contributed by atoms with van der Waals surface area (Å²) in [5, 5.41) is 21.7. The fourth-order valence-corrected chi connectivity index (χ4v) is 6.38. The molecule has 10 heteroatoms. The largest absolute Gasteiger partial charge is 0.465 e. The zero-order chi connectivity index (χ0) is 27.0. The van der Waals surface area contributed by atoms with E-state index in [0.29, 0.717) is 26.2 Å². The van der Waals surface area contributed by atoms with Crippen molar-refractivity contribution in [3.63, 3.8) is 0 Å². The number of nitrogens with zero attached hydrogens (tertiary/aromatic N) is 4. The Kier molecular flexibility index (Phi) is 10.5. The Bertz CT molecular complexity index is 1080. The monoisotopic (exact) mass is 532 g/mol. The number of hydrogen-bond donors (Lipinski definition) is 2. The van der Waals surface area contributed by atoms with Gasteiger partial charge in [-0.2, -0.15) is 17.0 Å². The highest BCUT2D eigenvalue weighted by Gasteiger charge is 2.37. The summed E-state index contributed by atoms with van der Waals surface area (Å²) >= 11 is 0. The third-order valence-corrected chi connectivity index (χ3v) is 8.62. The lowest BCUT2D eigenvalue weighted by molar-refractivity contribution is 0.0326. The van der Waals surface area contributed by atoms with Crippen molar-refractivity contribution in [2.75, 3.05) is 46.3 Å². The molecular weight excluding hydrogens is 492 g/mol. The molecule has 37 heavy (non-hydrogen) atoms. The SMILES string of the molecule is CC(C)CN(C[C@@H](O)C(Cc1ccccc1)N(Cc1ccccc1)C(=O)O)S(=O)(=O)N1CCN(C)CC1. The van der Waals surface area contributed by atoms with Gasteiger partial charge in [0.2, 0.25) is 0 Å². The fourth-order valence-electron chi connectivity index (χ4n) is 4.60. The van der Waals surface area contributed by atoms with Crippen LogP contribution < -0.4 is 0 Å². The van der Waals surface area contributed by atoms with Gasteiger partial charge >= 0.3 is 6.09 Å². The Balaban J connectivity index is 1.90. The van der Waals surface area contributed by atoms with Gasteiger partial charge in [-0.25, -0.2) is 4.79 Å². The van der Waals surface area contributed by atoms with Crippen molar-refractivity contribution in [1.29, 1.82) is 0 Å². The highest BCUT2D eigenvalue weighted by molar-refractivity contribution is 7.86. The first-order chi connectivity index (χ1) is 17.6. The molecule has 1 saturated heterocycles. The Morgan fingerprint density at radius 1 is 0.919 bits per heavy atom. The molecule has 0 aromatic heterocycles. The molecule has 2 atom stereocenters. The Morgan fingerprint density at radius 2 is 1.46 bits per heavy atom. The van der Waals surface area contributed by atoms with Crippen LogP contribution in [0.5, 0.6) is 0 Å². The molecular formula is C27H40N4O5S. The van der Waals surface area contributed by atoms with Crippen molar-refractivity contribution in [3.05, 3.63) is 71.8 Å². The van der Waals surface area contributed by atoms with Crippen molar-refractivity contribution < 1.29 is 23.4 Å². The maximum atomic E-state index is 13.6. The van der Waals surface area contributed by atoms with E-state index in [1.165, 1.54) is 13.5 Å². The molecule has 1 heterocycles.